The predicted octanol–water partition coefficient (Wildman–Crippen LogP) is 2.31. The van der Waals surface area contributed by atoms with Gasteiger partial charge in [-0.3, -0.25) is 0 Å². The van der Waals surface area contributed by atoms with Gasteiger partial charge in [0.25, 0.3) is 0 Å². The smallest absolute Gasteiger partial charge is 0.225 e. The van der Waals surface area contributed by atoms with Crippen LogP contribution in [-0.4, -0.2) is 8.42 Å². The first-order valence-corrected chi connectivity index (χ1v) is 6.49. The third-order valence-electron chi connectivity index (χ3n) is 2.24. The molecule has 2 N–H and O–H groups in total. The number of rotatable bonds is 4. The average molecular weight is 237 g/mol. The Kier molecular flexibility index (Phi) is 4.04. The van der Waals surface area contributed by atoms with E-state index in [4.69, 9.17) is 5.14 Å². The van der Waals surface area contributed by atoms with Crippen molar-refractivity contribution in [3.63, 3.8) is 0 Å². The van der Waals surface area contributed by atoms with Crippen LogP contribution in [0, 0.1) is 0 Å². The van der Waals surface area contributed by atoms with E-state index >= 15 is 0 Å². The van der Waals surface area contributed by atoms with Gasteiger partial charge in [0.2, 0.25) is 10.0 Å². The molecule has 1 rings (SSSR count). The van der Waals surface area contributed by atoms with Gasteiger partial charge >= 0.3 is 0 Å². The van der Waals surface area contributed by atoms with Crippen molar-refractivity contribution in [2.45, 2.75) is 18.2 Å². The van der Waals surface area contributed by atoms with Gasteiger partial charge in [0, 0.05) is 0 Å². The highest BCUT2D eigenvalue weighted by Gasteiger charge is 2.14. The molecular formula is C12H15NO2S. The summed E-state index contributed by atoms with van der Waals surface area (Å²) in [5, 5.41) is 5.17. The minimum absolute atomic E-state index is 0.157. The first-order chi connectivity index (χ1) is 7.50. The lowest BCUT2D eigenvalue weighted by atomic mass is 10.0. The molecule has 1 aromatic rings. The van der Waals surface area contributed by atoms with Gasteiger partial charge in [-0.05, 0) is 23.6 Å². The summed E-state index contributed by atoms with van der Waals surface area (Å²) in [6.07, 6.45) is 4.15. The minimum Gasteiger partial charge on any atom is -0.225 e. The monoisotopic (exact) mass is 237 g/mol. The lowest BCUT2D eigenvalue weighted by Gasteiger charge is -2.09. The summed E-state index contributed by atoms with van der Waals surface area (Å²) < 4.78 is 22.8. The van der Waals surface area contributed by atoms with Crippen LogP contribution in [0.15, 0.2) is 47.9 Å². The Labute approximate surface area is 96.3 Å². The number of hydrogen-bond acceptors (Lipinski definition) is 2. The van der Waals surface area contributed by atoms with E-state index in [1.165, 1.54) is 6.07 Å². The third-order valence-corrected chi connectivity index (χ3v) is 3.21. The molecule has 3 nitrogen and oxygen atoms in total. The van der Waals surface area contributed by atoms with Gasteiger partial charge < -0.3 is 0 Å². The number of nitrogens with two attached hydrogens (primary N) is 1. The first kappa shape index (κ1) is 12.7. The molecular weight excluding hydrogens is 222 g/mol. The summed E-state index contributed by atoms with van der Waals surface area (Å²) in [7, 11) is -3.68. The normalized spacial score (nSPS) is 12.5. The molecule has 0 unspecified atom stereocenters. The Morgan fingerprint density at radius 1 is 1.44 bits per heavy atom. The van der Waals surface area contributed by atoms with Gasteiger partial charge in [-0.25, -0.2) is 13.6 Å². The van der Waals surface area contributed by atoms with E-state index in [2.05, 4.69) is 6.58 Å². The molecule has 0 saturated carbocycles. The lowest BCUT2D eigenvalue weighted by Crippen LogP contribution is -2.14. The summed E-state index contributed by atoms with van der Waals surface area (Å²) in [6, 6.07) is 6.71. The molecule has 86 valence electrons. The van der Waals surface area contributed by atoms with E-state index in [0.717, 1.165) is 12.0 Å². The largest absolute Gasteiger partial charge is 0.238 e. The molecule has 0 aliphatic heterocycles. The van der Waals surface area contributed by atoms with E-state index in [1.807, 2.05) is 6.92 Å². The summed E-state index contributed by atoms with van der Waals surface area (Å²) in [6.45, 7) is 5.56. The zero-order valence-electron chi connectivity index (χ0n) is 9.18. The number of benzene rings is 1. The van der Waals surface area contributed by atoms with Crippen molar-refractivity contribution in [2.24, 2.45) is 5.14 Å². The first-order valence-electron chi connectivity index (χ1n) is 4.94. The van der Waals surface area contributed by atoms with E-state index in [1.54, 1.807) is 30.4 Å². The highest BCUT2D eigenvalue weighted by molar-refractivity contribution is 7.89. The number of primary sulfonamides is 1. The minimum atomic E-state index is -3.68. The van der Waals surface area contributed by atoms with Crippen LogP contribution in [-0.2, 0) is 10.0 Å². The summed E-state index contributed by atoms with van der Waals surface area (Å²) in [5.74, 6) is 0. The molecule has 16 heavy (non-hydrogen) atoms. The van der Waals surface area contributed by atoms with Gasteiger partial charge in [-0.2, -0.15) is 0 Å². The van der Waals surface area contributed by atoms with Crippen molar-refractivity contribution in [1.82, 2.24) is 0 Å². The van der Waals surface area contributed by atoms with Gasteiger partial charge in [0.1, 0.15) is 0 Å². The molecule has 0 radical (unpaired) electrons. The molecule has 4 heteroatoms. The molecule has 0 atom stereocenters. The van der Waals surface area contributed by atoms with Gasteiger partial charge in [-0.1, -0.05) is 43.9 Å². The van der Waals surface area contributed by atoms with Crippen molar-refractivity contribution in [1.29, 1.82) is 0 Å². The van der Waals surface area contributed by atoms with Crippen LogP contribution in [0.2, 0.25) is 0 Å². The molecule has 0 saturated heterocycles. The van der Waals surface area contributed by atoms with Crippen LogP contribution in [0.3, 0.4) is 0 Å². The maximum atomic E-state index is 11.4. The quantitative estimate of drug-likeness (QED) is 0.817. The molecule has 0 amide bonds. The zero-order valence-corrected chi connectivity index (χ0v) is 10.00. The van der Waals surface area contributed by atoms with E-state index in [-0.39, 0.29) is 4.90 Å². The Balaban J connectivity index is 3.45. The van der Waals surface area contributed by atoms with E-state index in [0.29, 0.717) is 5.56 Å². The van der Waals surface area contributed by atoms with Crippen molar-refractivity contribution >= 4 is 15.6 Å². The van der Waals surface area contributed by atoms with Crippen LogP contribution in [0.25, 0.3) is 5.57 Å². The maximum absolute atomic E-state index is 11.4. The van der Waals surface area contributed by atoms with Crippen LogP contribution in [0.1, 0.15) is 18.9 Å². The van der Waals surface area contributed by atoms with Crippen molar-refractivity contribution in [3.8, 4) is 0 Å². The van der Waals surface area contributed by atoms with Crippen molar-refractivity contribution < 1.29 is 8.42 Å². The van der Waals surface area contributed by atoms with Crippen molar-refractivity contribution in [3.05, 3.63) is 48.6 Å². The zero-order chi connectivity index (χ0) is 12.2. The fourth-order valence-electron chi connectivity index (χ4n) is 1.52. The Morgan fingerprint density at radius 2 is 2.06 bits per heavy atom. The average Bonchev–Trinajstić information content (AvgIpc) is 2.25. The second-order valence-corrected chi connectivity index (χ2v) is 4.85. The second-order valence-electron chi connectivity index (χ2n) is 3.32. The molecule has 0 bridgehead atoms. The Bertz CT molecular complexity index is 516. The van der Waals surface area contributed by atoms with Gasteiger partial charge in [-0.15, -0.1) is 0 Å². The van der Waals surface area contributed by atoms with Crippen LogP contribution in [0.4, 0.5) is 0 Å². The fraction of sp³-hybridized carbons (Fsp3) is 0.167. The van der Waals surface area contributed by atoms with Gasteiger partial charge in [0.05, 0.1) is 4.90 Å². The Morgan fingerprint density at radius 3 is 2.56 bits per heavy atom. The highest BCUT2D eigenvalue weighted by atomic mass is 32.2. The highest BCUT2D eigenvalue weighted by Crippen LogP contribution is 2.24. The number of allylic oxidation sites excluding steroid dienone is 3. The summed E-state index contributed by atoms with van der Waals surface area (Å²) >= 11 is 0. The molecule has 0 heterocycles. The van der Waals surface area contributed by atoms with E-state index in [9.17, 15) is 8.42 Å². The van der Waals surface area contributed by atoms with Crippen molar-refractivity contribution in [2.75, 3.05) is 0 Å². The topological polar surface area (TPSA) is 60.2 Å². The SMILES string of the molecule is C=C/C=C(\CC)c1ccccc1S(N)(=O)=O. The predicted molar refractivity (Wildman–Crippen MR) is 66.3 cm³/mol. The summed E-state index contributed by atoms with van der Waals surface area (Å²) in [5.41, 5.74) is 1.55. The standard InChI is InChI=1S/C12H15NO2S/c1-3-7-10(4-2)11-8-5-6-9-12(11)16(13,14)15/h3,5-9H,1,4H2,2H3,(H2,13,14,15)/b10-7+. The summed E-state index contributed by atoms with van der Waals surface area (Å²) in [4.78, 5) is 0.157. The molecule has 0 fully saturated rings. The third kappa shape index (κ3) is 2.81. The van der Waals surface area contributed by atoms with Gasteiger partial charge in [0.15, 0.2) is 0 Å². The lowest BCUT2D eigenvalue weighted by molar-refractivity contribution is 0.597. The van der Waals surface area contributed by atoms with Crippen LogP contribution < -0.4 is 5.14 Å². The number of hydrogen-bond donors (Lipinski definition) is 1. The van der Waals surface area contributed by atoms with E-state index < -0.39 is 10.0 Å². The fourth-order valence-corrected chi connectivity index (χ4v) is 2.29. The molecule has 0 aromatic heterocycles. The van der Waals surface area contributed by atoms with Crippen LogP contribution in [0.5, 0.6) is 0 Å². The second kappa shape index (κ2) is 5.09. The molecule has 0 aliphatic carbocycles. The van der Waals surface area contributed by atoms with Crippen LogP contribution >= 0.6 is 0 Å². The maximum Gasteiger partial charge on any atom is 0.238 e. The molecule has 0 spiro atoms. The Hall–Kier alpha value is -1.39. The number of sulfonamides is 1. The molecule has 1 aromatic carbocycles. The molecule has 0 aliphatic rings.